The van der Waals surface area contributed by atoms with Gasteiger partial charge in [-0.25, -0.2) is 0 Å². The summed E-state index contributed by atoms with van der Waals surface area (Å²) < 4.78 is 10.8. The van der Waals surface area contributed by atoms with E-state index >= 15 is 0 Å². The molecule has 5 heteroatoms. The summed E-state index contributed by atoms with van der Waals surface area (Å²) in [6, 6.07) is 13.7. The van der Waals surface area contributed by atoms with Gasteiger partial charge in [-0.1, -0.05) is 12.1 Å². The topological polar surface area (TPSA) is 54.7 Å². The molecule has 1 aliphatic heterocycles. The molecule has 0 saturated carbocycles. The number of furan rings is 1. The van der Waals surface area contributed by atoms with Gasteiger partial charge >= 0.3 is 0 Å². The highest BCUT2D eigenvalue weighted by atomic mass is 16.5. The quantitative estimate of drug-likeness (QED) is 0.718. The Bertz CT molecular complexity index is 942. The molecular formula is C22H24N2O3. The Kier molecular flexibility index (Phi) is 5.01. The zero-order valence-electron chi connectivity index (χ0n) is 15.5. The van der Waals surface area contributed by atoms with E-state index in [1.165, 1.54) is 19.3 Å². The first kappa shape index (κ1) is 17.5. The third-order valence-electron chi connectivity index (χ3n) is 5.09. The van der Waals surface area contributed by atoms with Crippen LogP contribution in [-0.4, -0.2) is 26.1 Å². The number of methoxy groups -OCH3 is 1. The van der Waals surface area contributed by atoms with Gasteiger partial charge in [0.1, 0.15) is 11.3 Å². The van der Waals surface area contributed by atoms with Crippen molar-refractivity contribution in [2.24, 2.45) is 0 Å². The van der Waals surface area contributed by atoms with E-state index in [9.17, 15) is 4.79 Å². The van der Waals surface area contributed by atoms with Crippen molar-refractivity contribution in [3.05, 3.63) is 54.3 Å². The number of piperidine rings is 1. The van der Waals surface area contributed by atoms with Gasteiger partial charge in [0, 0.05) is 30.1 Å². The maximum atomic E-state index is 12.7. The molecule has 3 aromatic rings. The van der Waals surface area contributed by atoms with E-state index in [0.717, 1.165) is 46.7 Å². The molecule has 0 spiro atoms. The number of amides is 1. The van der Waals surface area contributed by atoms with Gasteiger partial charge in [-0.15, -0.1) is 0 Å². The van der Waals surface area contributed by atoms with Crippen molar-refractivity contribution < 1.29 is 13.9 Å². The number of hydrogen-bond acceptors (Lipinski definition) is 4. The van der Waals surface area contributed by atoms with Crippen LogP contribution < -0.4 is 15.0 Å². The number of para-hydroxylation sites is 2. The lowest BCUT2D eigenvalue weighted by Gasteiger charge is -2.30. The van der Waals surface area contributed by atoms with Crippen LogP contribution in [0.15, 0.2) is 53.1 Å². The number of nitrogens with zero attached hydrogens (tertiary/aromatic N) is 1. The van der Waals surface area contributed by atoms with Crippen LogP contribution in [0, 0.1) is 0 Å². The standard InChI is InChI=1S/C22H24N2O3/c1-26-17-9-10-18-16(15-27-21(18)14-17)13-22(25)23-19-7-3-4-8-20(19)24-11-5-2-6-12-24/h3-4,7-10,14-15H,2,5-6,11-13H2,1H3,(H,23,25). The summed E-state index contributed by atoms with van der Waals surface area (Å²) in [6.45, 7) is 2.09. The molecule has 1 aromatic heterocycles. The molecule has 0 radical (unpaired) electrons. The number of ether oxygens (including phenoxy) is 1. The molecule has 1 amide bonds. The number of benzene rings is 2. The summed E-state index contributed by atoms with van der Waals surface area (Å²) >= 11 is 0. The Balaban J connectivity index is 1.50. The molecule has 2 aromatic carbocycles. The first-order chi connectivity index (χ1) is 13.2. The van der Waals surface area contributed by atoms with Gasteiger partial charge in [-0.2, -0.15) is 0 Å². The Morgan fingerprint density at radius 2 is 1.96 bits per heavy atom. The number of nitrogens with one attached hydrogen (secondary N) is 1. The van der Waals surface area contributed by atoms with Crippen molar-refractivity contribution in [2.75, 3.05) is 30.4 Å². The molecule has 27 heavy (non-hydrogen) atoms. The van der Waals surface area contributed by atoms with Gasteiger partial charge in [0.2, 0.25) is 5.91 Å². The van der Waals surface area contributed by atoms with Crippen LogP contribution >= 0.6 is 0 Å². The highest BCUT2D eigenvalue weighted by Gasteiger charge is 2.16. The highest BCUT2D eigenvalue weighted by molar-refractivity contribution is 5.97. The van der Waals surface area contributed by atoms with E-state index in [-0.39, 0.29) is 12.3 Å². The normalized spacial score (nSPS) is 14.3. The first-order valence-corrected chi connectivity index (χ1v) is 9.42. The second-order valence-corrected chi connectivity index (χ2v) is 6.91. The molecule has 0 bridgehead atoms. The Hall–Kier alpha value is -2.95. The smallest absolute Gasteiger partial charge is 0.228 e. The van der Waals surface area contributed by atoms with Crippen molar-refractivity contribution in [1.29, 1.82) is 0 Å². The maximum Gasteiger partial charge on any atom is 0.228 e. The zero-order chi connectivity index (χ0) is 18.6. The average molecular weight is 364 g/mol. The van der Waals surface area contributed by atoms with E-state index in [2.05, 4.69) is 16.3 Å². The lowest BCUT2D eigenvalue weighted by molar-refractivity contribution is -0.115. The Morgan fingerprint density at radius 3 is 2.78 bits per heavy atom. The number of anilines is 2. The molecule has 1 saturated heterocycles. The summed E-state index contributed by atoms with van der Waals surface area (Å²) in [5.41, 5.74) is 3.58. The van der Waals surface area contributed by atoms with Crippen LogP contribution in [0.5, 0.6) is 5.75 Å². The van der Waals surface area contributed by atoms with E-state index in [4.69, 9.17) is 9.15 Å². The number of hydrogen-bond donors (Lipinski definition) is 1. The van der Waals surface area contributed by atoms with Crippen LogP contribution in [0.4, 0.5) is 11.4 Å². The highest BCUT2D eigenvalue weighted by Crippen LogP contribution is 2.29. The van der Waals surface area contributed by atoms with E-state index in [1.54, 1.807) is 13.4 Å². The lowest BCUT2D eigenvalue weighted by atomic mass is 10.1. The van der Waals surface area contributed by atoms with Crippen molar-refractivity contribution in [1.82, 2.24) is 0 Å². The SMILES string of the molecule is COc1ccc2c(CC(=O)Nc3ccccc3N3CCCCC3)coc2c1. The van der Waals surface area contributed by atoms with E-state index in [0.29, 0.717) is 0 Å². The van der Waals surface area contributed by atoms with Crippen molar-refractivity contribution >= 4 is 28.3 Å². The summed E-state index contributed by atoms with van der Waals surface area (Å²) in [6.07, 6.45) is 5.61. The third-order valence-corrected chi connectivity index (χ3v) is 5.09. The molecule has 1 fully saturated rings. The molecule has 5 nitrogen and oxygen atoms in total. The number of fused-ring (bicyclic) bond motifs is 1. The molecule has 0 atom stereocenters. The number of rotatable bonds is 5. The molecular weight excluding hydrogens is 340 g/mol. The monoisotopic (exact) mass is 364 g/mol. The minimum absolute atomic E-state index is 0.0435. The third kappa shape index (κ3) is 3.77. The largest absolute Gasteiger partial charge is 0.497 e. The Labute approximate surface area is 158 Å². The summed E-state index contributed by atoms with van der Waals surface area (Å²) in [7, 11) is 1.62. The van der Waals surface area contributed by atoms with Gasteiger partial charge in [0.15, 0.2) is 0 Å². The van der Waals surface area contributed by atoms with Gasteiger partial charge in [-0.05, 0) is 43.5 Å². The molecule has 2 heterocycles. The lowest BCUT2D eigenvalue weighted by Crippen LogP contribution is -2.30. The summed E-state index contributed by atoms with van der Waals surface area (Å²) in [5, 5.41) is 4.03. The fourth-order valence-corrected chi connectivity index (χ4v) is 3.68. The fraction of sp³-hybridized carbons (Fsp3) is 0.318. The van der Waals surface area contributed by atoms with Crippen LogP contribution in [0.1, 0.15) is 24.8 Å². The second kappa shape index (κ2) is 7.74. The first-order valence-electron chi connectivity index (χ1n) is 9.42. The predicted octanol–water partition coefficient (Wildman–Crippen LogP) is 4.61. The maximum absolute atomic E-state index is 12.7. The van der Waals surface area contributed by atoms with Crippen molar-refractivity contribution in [3.63, 3.8) is 0 Å². The molecule has 4 rings (SSSR count). The van der Waals surface area contributed by atoms with Gasteiger partial charge < -0.3 is 19.4 Å². The number of carbonyl (C=O) groups excluding carboxylic acids is 1. The van der Waals surface area contributed by atoms with Gasteiger partial charge in [0.25, 0.3) is 0 Å². The molecule has 0 unspecified atom stereocenters. The van der Waals surface area contributed by atoms with Crippen molar-refractivity contribution in [2.45, 2.75) is 25.7 Å². The molecule has 140 valence electrons. The fourth-order valence-electron chi connectivity index (χ4n) is 3.68. The van der Waals surface area contributed by atoms with Gasteiger partial charge in [0.05, 0.1) is 31.2 Å². The predicted molar refractivity (Wildman–Crippen MR) is 108 cm³/mol. The van der Waals surface area contributed by atoms with E-state index < -0.39 is 0 Å². The molecule has 1 aliphatic rings. The average Bonchev–Trinajstić information content (AvgIpc) is 3.11. The second-order valence-electron chi connectivity index (χ2n) is 6.91. The minimum Gasteiger partial charge on any atom is -0.497 e. The van der Waals surface area contributed by atoms with E-state index in [1.807, 2.05) is 36.4 Å². The molecule has 0 aliphatic carbocycles. The Morgan fingerprint density at radius 1 is 1.15 bits per heavy atom. The van der Waals surface area contributed by atoms with Crippen LogP contribution in [-0.2, 0) is 11.2 Å². The van der Waals surface area contributed by atoms with Gasteiger partial charge in [-0.3, -0.25) is 4.79 Å². The zero-order valence-corrected chi connectivity index (χ0v) is 15.5. The van der Waals surface area contributed by atoms with Crippen LogP contribution in [0.2, 0.25) is 0 Å². The number of carbonyl (C=O) groups is 1. The minimum atomic E-state index is -0.0435. The van der Waals surface area contributed by atoms with Crippen molar-refractivity contribution in [3.8, 4) is 5.75 Å². The van der Waals surface area contributed by atoms with Crippen LogP contribution in [0.25, 0.3) is 11.0 Å². The molecule has 1 N–H and O–H groups in total. The van der Waals surface area contributed by atoms with Crippen LogP contribution in [0.3, 0.4) is 0 Å². The summed E-state index contributed by atoms with van der Waals surface area (Å²) in [5.74, 6) is 0.696. The summed E-state index contributed by atoms with van der Waals surface area (Å²) in [4.78, 5) is 15.0.